The van der Waals surface area contributed by atoms with E-state index in [1.807, 2.05) is 38.1 Å². The first kappa shape index (κ1) is 25.8. The van der Waals surface area contributed by atoms with Crippen molar-refractivity contribution in [1.82, 2.24) is 24.7 Å². The highest BCUT2D eigenvalue weighted by molar-refractivity contribution is 7.99. The van der Waals surface area contributed by atoms with Crippen LogP contribution in [0.15, 0.2) is 69.3 Å². The van der Waals surface area contributed by atoms with E-state index in [1.54, 1.807) is 28.8 Å². The number of hydrogen-bond donors (Lipinski definition) is 3. The smallest absolute Gasteiger partial charge is 0.325 e. The number of thioether (sulfide) groups is 1. The lowest BCUT2D eigenvalue weighted by molar-refractivity contribution is -0.113. The molecule has 192 valence electrons. The number of nitrogens with one attached hydrogen (secondary N) is 3. The van der Waals surface area contributed by atoms with Crippen LogP contribution in [0, 0.1) is 0 Å². The number of hydrogen-bond acceptors (Lipinski definition) is 8. The van der Waals surface area contributed by atoms with Crippen molar-refractivity contribution in [2.75, 3.05) is 24.3 Å². The number of carbonyl (C=O) groups is 1. The molecule has 4 rings (SSSR count). The average Bonchev–Trinajstić information content (AvgIpc) is 3.26. The molecule has 2 aromatic carbocycles. The Morgan fingerprint density at radius 3 is 2.22 bits per heavy atom. The quantitative estimate of drug-likeness (QED) is 0.255. The summed E-state index contributed by atoms with van der Waals surface area (Å²) in [6.07, 6.45) is 0.151. The molecular formula is C25H26N6O5S. The highest BCUT2D eigenvalue weighted by Gasteiger charge is 2.17. The molecule has 4 aromatic rings. The van der Waals surface area contributed by atoms with Gasteiger partial charge in [-0.25, -0.2) is 4.79 Å². The number of ether oxygens (including phenoxy) is 2. The van der Waals surface area contributed by atoms with Gasteiger partial charge in [0.05, 0.1) is 19.0 Å². The minimum absolute atomic E-state index is 0.0875. The summed E-state index contributed by atoms with van der Waals surface area (Å²) in [6, 6.07) is 15.8. The molecule has 0 bridgehead atoms. The molecule has 0 radical (unpaired) electrons. The predicted octanol–water partition coefficient (Wildman–Crippen LogP) is 2.76. The lowest BCUT2D eigenvalue weighted by Crippen LogP contribution is -2.23. The molecule has 11 nitrogen and oxygen atoms in total. The van der Waals surface area contributed by atoms with E-state index in [2.05, 4.69) is 25.5 Å². The molecule has 12 heteroatoms. The van der Waals surface area contributed by atoms with Gasteiger partial charge in [0, 0.05) is 29.6 Å². The molecule has 0 aliphatic carbocycles. The molecule has 2 heterocycles. The highest BCUT2D eigenvalue weighted by Crippen LogP contribution is 2.25. The lowest BCUT2D eigenvalue weighted by atomic mass is 10.2. The van der Waals surface area contributed by atoms with Crippen molar-refractivity contribution in [2.45, 2.75) is 25.4 Å². The third kappa shape index (κ3) is 6.88. The monoisotopic (exact) mass is 522 g/mol. The zero-order chi connectivity index (χ0) is 26.2. The Balaban J connectivity index is 1.55. The summed E-state index contributed by atoms with van der Waals surface area (Å²) in [7, 11) is 0. The van der Waals surface area contributed by atoms with E-state index in [0.717, 1.165) is 11.4 Å². The number of aromatic nitrogens is 5. The molecule has 1 amide bonds. The van der Waals surface area contributed by atoms with Gasteiger partial charge >= 0.3 is 5.69 Å². The summed E-state index contributed by atoms with van der Waals surface area (Å²) in [5.74, 6) is 1.80. The molecule has 2 aromatic heterocycles. The number of rotatable bonds is 11. The van der Waals surface area contributed by atoms with E-state index in [1.165, 1.54) is 17.8 Å². The van der Waals surface area contributed by atoms with Crippen LogP contribution < -0.4 is 26.0 Å². The van der Waals surface area contributed by atoms with Gasteiger partial charge in [0.2, 0.25) is 5.91 Å². The summed E-state index contributed by atoms with van der Waals surface area (Å²) in [5, 5.41) is 11.9. The summed E-state index contributed by atoms with van der Waals surface area (Å²) >= 11 is 1.21. The molecule has 37 heavy (non-hydrogen) atoms. The summed E-state index contributed by atoms with van der Waals surface area (Å²) in [5.41, 5.74) is 0.672. The number of anilines is 1. The molecule has 0 aliphatic heterocycles. The van der Waals surface area contributed by atoms with Gasteiger partial charge in [-0.3, -0.25) is 19.1 Å². The van der Waals surface area contributed by atoms with Gasteiger partial charge in [-0.2, -0.15) is 0 Å². The van der Waals surface area contributed by atoms with Crippen LogP contribution in [-0.4, -0.2) is 49.6 Å². The lowest BCUT2D eigenvalue weighted by Gasteiger charge is -2.12. The SMILES string of the molecule is CCOc1ccc(NC(=O)CSc2nnc(Cc3cc(=O)[nH]c(=O)[nH]3)n2-c2ccc(OCC)cc2)cc1. The van der Waals surface area contributed by atoms with Crippen LogP contribution in [-0.2, 0) is 11.2 Å². The maximum Gasteiger partial charge on any atom is 0.325 e. The Hall–Kier alpha value is -4.32. The van der Waals surface area contributed by atoms with Gasteiger partial charge in [-0.05, 0) is 62.4 Å². The maximum atomic E-state index is 12.6. The molecule has 3 N–H and O–H groups in total. The van der Waals surface area contributed by atoms with Crippen LogP contribution in [0.2, 0.25) is 0 Å². The highest BCUT2D eigenvalue weighted by atomic mass is 32.2. The van der Waals surface area contributed by atoms with E-state index in [0.29, 0.717) is 41.3 Å². The first-order valence-corrected chi connectivity index (χ1v) is 12.6. The summed E-state index contributed by atoms with van der Waals surface area (Å²) in [6.45, 7) is 4.92. The largest absolute Gasteiger partial charge is 0.494 e. The maximum absolute atomic E-state index is 12.6. The number of amides is 1. The molecule has 0 atom stereocenters. The number of H-pyrrole nitrogens is 2. The van der Waals surface area contributed by atoms with E-state index < -0.39 is 11.2 Å². The van der Waals surface area contributed by atoms with Crippen LogP contribution in [0.4, 0.5) is 5.69 Å². The average molecular weight is 523 g/mol. The van der Waals surface area contributed by atoms with E-state index in [4.69, 9.17) is 9.47 Å². The minimum Gasteiger partial charge on any atom is -0.494 e. The first-order chi connectivity index (χ1) is 17.9. The normalized spacial score (nSPS) is 10.8. The Morgan fingerprint density at radius 2 is 1.59 bits per heavy atom. The van der Waals surface area contributed by atoms with Crippen LogP contribution >= 0.6 is 11.8 Å². The summed E-state index contributed by atoms with van der Waals surface area (Å²) in [4.78, 5) is 40.8. The first-order valence-electron chi connectivity index (χ1n) is 11.6. The van der Waals surface area contributed by atoms with Gasteiger partial charge < -0.3 is 19.8 Å². The van der Waals surface area contributed by atoms with Crippen LogP contribution in [0.3, 0.4) is 0 Å². The number of aromatic amines is 2. The molecule has 0 saturated carbocycles. The van der Waals surface area contributed by atoms with Crippen LogP contribution in [0.1, 0.15) is 25.4 Å². The second-order valence-corrected chi connectivity index (χ2v) is 8.69. The third-order valence-corrected chi connectivity index (χ3v) is 5.98. The van der Waals surface area contributed by atoms with Crippen molar-refractivity contribution >= 4 is 23.4 Å². The second-order valence-electron chi connectivity index (χ2n) is 7.75. The number of benzene rings is 2. The Morgan fingerprint density at radius 1 is 0.946 bits per heavy atom. The fourth-order valence-electron chi connectivity index (χ4n) is 3.54. The fraction of sp³-hybridized carbons (Fsp3) is 0.240. The van der Waals surface area contributed by atoms with Crippen LogP contribution in [0.25, 0.3) is 5.69 Å². The molecule has 0 saturated heterocycles. The van der Waals surface area contributed by atoms with Crippen LogP contribution in [0.5, 0.6) is 11.5 Å². The minimum atomic E-state index is -0.602. The van der Waals surface area contributed by atoms with Gasteiger partial charge in [0.15, 0.2) is 5.16 Å². The van der Waals surface area contributed by atoms with E-state index >= 15 is 0 Å². The van der Waals surface area contributed by atoms with Crippen molar-refractivity contribution in [2.24, 2.45) is 0 Å². The molecule has 0 unspecified atom stereocenters. The van der Waals surface area contributed by atoms with Gasteiger partial charge in [-0.15, -0.1) is 10.2 Å². The van der Waals surface area contributed by atoms with Gasteiger partial charge in [0.1, 0.15) is 17.3 Å². The number of carbonyl (C=O) groups excluding carboxylic acids is 1. The van der Waals surface area contributed by atoms with Crippen molar-refractivity contribution < 1.29 is 14.3 Å². The molecule has 0 fully saturated rings. The fourth-order valence-corrected chi connectivity index (χ4v) is 4.31. The van der Waals surface area contributed by atoms with Crippen molar-refractivity contribution in [1.29, 1.82) is 0 Å². The Bertz CT molecular complexity index is 1430. The molecule has 0 aliphatic rings. The Labute approximate surface area is 216 Å². The topological polar surface area (TPSA) is 144 Å². The predicted molar refractivity (Wildman–Crippen MR) is 140 cm³/mol. The van der Waals surface area contributed by atoms with Crippen molar-refractivity contribution in [3.05, 3.63) is 87.0 Å². The molecular weight excluding hydrogens is 496 g/mol. The summed E-state index contributed by atoms with van der Waals surface area (Å²) < 4.78 is 12.7. The van der Waals surface area contributed by atoms with E-state index in [9.17, 15) is 14.4 Å². The third-order valence-electron chi connectivity index (χ3n) is 5.05. The van der Waals surface area contributed by atoms with E-state index in [-0.39, 0.29) is 18.1 Å². The van der Waals surface area contributed by atoms with Gasteiger partial charge in [0.25, 0.3) is 5.56 Å². The van der Waals surface area contributed by atoms with Gasteiger partial charge in [-0.1, -0.05) is 11.8 Å². The molecule has 0 spiro atoms. The zero-order valence-corrected chi connectivity index (χ0v) is 21.1. The Kier molecular flexibility index (Phi) is 8.41. The van der Waals surface area contributed by atoms with Crippen molar-refractivity contribution in [3.63, 3.8) is 0 Å². The standard InChI is InChI=1S/C25H26N6O5S/c1-3-35-19-9-5-16(6-10-19)26-23(33)15-37-25-30-29-21(13-17-14-22(32)28-24(34)27-17)31(25)18-7-11-20(12-8-18)36-4-2/h5-12,14H,3-4,13,15H2,1-2H3,(H,26,33)(H2,27,28,32,34). The zero-order valence-electron chi connectivity index (χ0n) is 20.3. The van der Waals surface area contributed by atoms with Crippen molar-refractivity contribution in [3.8, 4) is 17.2 Å². The number of nitrogens with zero attached hydrogens (tertiary/aromatic N) is 3. The second kappa shape index (κ2) is 12.1.